The predicted molar refractivity (Wildman–Crippen MR) is 120 cm³/mol. The van der Waals surface area contributed by atoms with E-state index >= 15 is 4.39 Å². The maximum absolute atomic E-state index is 15.3. The largest absolute Gasteiger partial charge is 0.490 e. The fourth-order valence-corrected chi connectivity index (χ4v) is 4.58. The Bertz CT molecular complexity index is 981. The van der Waals surface area contributed by atoms with Gasteiger partial charge in [0, 0.05) is 10.9 Å². The normalized spacial score (nSPS) is 19.2. The van der Waals surface area contributed by atoms with Crippen LogP contribution in [0.3, 0.4) is 0 Å². The van der Waals surface area contributed by atoms with Gasteiger partial charge in [-0.25, -0.2) is 4.39 Å². The highest BCUT2D eigenvalue weighted by molar-refractivity contribution is 5.89. The number of rotatable bonds is 6. The molecule has 0 radical (unpaired) electrons. The zero-order chi connectivity index (χ0) is 20.2. The molecule has 0 amide bonds. The van der Waals surface area contributed by atoms with Gasteiger partial charge in [0.05, 0.1) is 0 Å². The van der Waals surface area contributed by atoms with Crippen LogP contribution in [-0.2, 0) is 0 Å². The van der Waals surface area contributed by atoms with Crippen LogP contribution < -0.4 is 4.74 Å². The van der Waals surface area contributed by atoms with E-state index in [9.17, 15) is 0 Å². The zero-order valence-corrected chi connectivity index (χ0v) is 17.2. The predicted octanol–water partition coefficient (Wildman–Crippen LogP) is 7.89. The SMILES string of the molecule is C=CCOc1ccc(-c2ccc3cc([C@H]4CC[C@H](CC)CC4)ccc3c2F)cc1. The van der Waals surface area contributed by atoms with Crippen molar-refractivity contribution in [3.63, 3.8) is 0 Å². The Morgan fingerprint density at radius 1 is 1.00 bits per heavy atom. The zero-order valence-electron chi connectivity index (χ0n) is 17.2. The second-order valence-corrected chi connectivity index (χ2v) is 8.16. The van der Waals surface area contributed by atoms with E-state index in [1.807, 2.05) is 36.4 Å². The Morgan fingerprint density at radius 2 is 1.76 bits per heavy atom. The van der Waals surface area contributed by atoms with E-state index in [1.165, 1.54) is 37.7 Å². The van der Waals surface area contributed by atoms with E-state index in [0.717, 1.165) is 22.6 Å². The van der Waals surface area contributed by atoms with Crippen molar-refractivity contribution < 1.29 is 9.13 Å². The van der Waals surface area contributed by atoms with E-state index < -0.39 is 0 Å². The molecule has 150 valence electrons. The molecule has 3 aromatic rings. The van der Waals surface area contributed by atoms with Gasteiger partial charge in [0.15, 0.2) is 0 Å². The summed E-state index contributed by atoms with van der Waals surface area (Å²) >= 11 is 0. The van der Waals surface area contributed by atoms with Crippen LogP contribution in [0.15, 0.2) is 67.3 Å². The molecule has 0 unspecified atom stereocenters. The molecule has 0 bridgehead atoms. The van der Waals surface area contributed by atoms with E-state index in [-0.39, 0.29) is 5.82 Å². The minimum absolute atomic E-state index is 0.150. The summed E-state index contributed by atoms with van der Waals surface area (Å²) in [5.41, 5.74) is 2.85. The third-order valence-electron chi connectivity index (χ3n) is 6.41. The summed E-state index contributed by atoms with van der Waals surface area (Å²) < 4.78 is 20.8. The molecule has 0 aromatic heterocycles. The van der Waals surface area contributed by atoms with Gasteiger partial charge in [0.2, 0.25) is 0 Å². The van der Waals surface area contributed by atoms with Gasteiger partial charge in [-0.2, -0.15) is 0 Å². The summed E-state index contributed by atoms with van der Waals surface area (Å²) in [6.07, 6.45) is 8.15. The highest BCUT2D eigenvalue weighted by atomic mass is 19.1. The molecule has 3 aromatic carbocycles. The van der Waals surface area contributed by atoms with E-state index in [1.54, 1.807) is 6.08 Å². The Labute approximate surface area is 173 Å². The maximum atomic E-state index is 15.3. The first-order chi connectivity index (χ1) is 14.2. The molecule has 0 spiro atoms. The van der Waals surface area contributed by atoms with Gasteiger partial charge >= 0.3 is 0 Å². The first-order valence-electron chi connectivity index (χ1n) is 10.8. The van der Waals surface area contributed by atoms with Crippen LogP contribution in [0.5, 0.6) is 5.75 Å². The summed E-state index contributed by atoms with van der Waals surface area (Å²) in [6.45, 7) is 6.41. The summed E-state index contributed by atoms with van der Waals surface area (Å²) in [5.74, 6) is 2.12. The summed E-state index contributed by atoms with van der Waals surface area (Å²) in [6, 6.07) is 17.8. The molecule has 0 aliphatic heterocycles. The third kappa shape index (κ3) is 4.22. The first-order valence-corrected chi connectivity index (χ1v) is 10.8. The van der Waals surface area contributed by atoms with Gasteiger partial charge in [-0.15, -0.1) is 0 Å². The molecule has 2 heteroatoms. The van der Waals surface area contributed by atoms with Gasteiger partial charge in [-0.1, -0.05) is 68.5 Å². The Hall–Kier alpha value is -2.61. The minimum Gasteiger partial charge on any atom is -0.490 e. The van der Waals surface area contributed by atoms with Crippen molar-refractivity contribution in [2.24, 2.45) is 5.92 Å². The second-order valence-electron chi connectivity index (χ2n) is 8.16. The fourth-order valence-electron chi connectivity index (χ4n) is 4.58. The molecular weight excluding hydrogens is 359 g/mol. The highest BCUT2D eigenvalue weighted by Gasteiger charge is 2.21. The van der Waals surface area contributed by atoms with Crippen molar-refractivity contribution >= 4 is 10.8 Å². The molecule has 1 aliphatic carbocycles. The number of benzene rings is 3. The molecule has 1 nitrogen and oxygen atoms in total. The Morgan fingerprint density at radius 3 is 2.45 bits per heavy atom. The van der Waals surface area contributed by atoms with Crippen LogP contribution in [0.25, 0.3) is 21.9 Å². The lowest BCUT2D eigenvalue weighted by Crippen LogP contribution is -2.12. The molecule has 1 fully saturated rings. The van der Waals surface area contributed by atoms with Crippen molar-refractivity contribution in [1.82, 2.24) is 0 Å². The number of ether oxygens (including phenoxy) is 1. The van der Waals surface area contributed by atoms with Crippen LogP contribution in [0.4, 0.5) is 4.39 Å². The van der Waals surface area contributed by atoms with Crippen molar-refractivity contribution in [3.05, 3.63) is 78.6 Å². The number of fused-ring (bicyclic) bond motifs is 1. The smallest absolute Gasteiger partial charge is 0.138 e. The van der Waals surface area contributed by atoms with Crippen LogP contribution >= 0.6 is 0 Å². The lowest BCUT2D eigenvalue weighted by atomic mass is 9.77. The monoisotopic (exact) mass is 388 g/mol. The quantitative estimate of drug-likeness (QED) is 0.390. The lowest BCUT2D eigenvalue weighted by molar-refractivity contribution is 0.319. The Balaban J connectivity index is 1.58. The molecule has 1 aliphatic rings. The van der Waals surface area contributed by atoms with Crippen LogP contribution in [0.1, 0.15) is 50.5 Å². The fraction of sp³-hybridized carbons (Fsp3) is 0.333. The Kier molecular flexibility index (Phi) is 5.99. The van der Waals surface area contributed by atoms with Crippen molar-refractivity contribution in [1.29, 1.82) is 0 Å². The second kappa shape index (κ2) is 8.82. The van der Waals surface area contributed by atoms with Gasteiger partial charge in [-0.05, 0) is 66.2 Å². The average Bonchev–Trinajstić information content (AvgIpc) is 2.78. The highest BCUT2D eigenvalue weighted by Crippen LogP contribution is 2.38. The van der Waals surface area contributed by atoms with Crippen molar-refractivity contribution in [3.8, 4) is 16.9 Å². The van der Waals surface area contributed by atoms with E-state index in [0.29, 0.717) is 23.5 Å². The molecular formula is C27H29FO. The van der Waals surface area contributed by atoms with Gasteiger partial charge in [-0.3, -0.25) is 0 Å². The summed E-state index contributed by atoms with van der Waals surface area (Å²) in [4.78, 5) is 0. The van der Waals surface area contributed by atoms with Crippen LogP contribution in [-0.4, -0.2) is 6.61 Å². The molecule has 4 rings (SSSR count). The molecule has 0 saturated heterocycles. The third-order valence-corrected chi connectivity index (χ3v) is 6.41. The first kappa shape index (κ1) is 19.7. The maximum Gasteiger partial charge on any atom is 0.138 e. The van der Waals surface area contributed by atoms with E-state index in [2.05, 4.69) is 31.7 Å². The number of hydrogen-bond donors (Lipinski definition) is 0. The van der Waals surface area contributed by atoms with Gasteiger partial charge in [0.1, 0.15) is 18.2 Å². The average molecular weight is 389 g/mol. The van der Waals surface area contributed by atoms with Crippen LogP contribution in [0, 0.1) is 11.7 Å². The lowest BCUT2D eigenvalue weighted by Gasteiger charge is -2.28. The molecule has 0 atom stereocenters. The van der Waals surface area contributed by atoms with Crippen molar-refractivity contribution in [2.45, 2.75) is 44.9 Å². The minimum atomic E-state index is -0.150. The molecule has 0 heterocycles. The van der Waals surface area contributed by atoms with Crippen molar-refractivity contribution in [2.75, 3.05) is 6.61 Å². The number of hydrogen-bond acceptors (Lipinski definition) is 1. The van der Waals surface area contributed by atoms with E-state index in [4.69, 9.17) is 4.74 Å². The van der Waals surface area contributed by atoms with Gasteiger partial charge < -0.3 is 4.74 Å². The summed E-state index contributed by atoms with van der Waals surface area (Å²) in [5, 5.41) is 1.69. The molecule has 29 heavy (non-hydrogen) atoms. The molecule has 1 saturated carbocycles. The van der Waals surface area contributed by atoms with Crippen LogP contribution in [0.2, 0.25) is 0 Å². The number of halogens is 1. The summed E-state index contributed by atoms with van der Waals surface area (Å²) in [7, 11) is 0. The van der Waals surface area contributed by atoms with Gasteiger partial charge in [0.25, 0.3) is 0 Å². The molecule has 0 N–H and O–H groups in total. The topological polar surface area (TPSA) is 9.23 Å². The standard InChI is InChI=1S/C27H29FO/c1-3-17-29-24-13-9-21(10-14-24)25-16-12-23-18-22(11-15-26(23)27(25)28)20-7-5-19(4-2)6-8-20/h3,9-16,18-20H,1,4-8,17H2,2H3/t19-,20-.